The molecule has 1 N–H and O–H groups in total. The van der Waals surface area contributed by atoms with Gasteiger partial charge in [0.2, 0.25) is 0 Å². The van der Waals surface area contributed by atoms with Gasteiger partial charge in [0, 0.05) is 26.3 Å². The summed E-state index contributed by atoms with van der Waals surface area (Å²) in [5, 5.41) is 3.22. The lowest BCUT2D eigenvalue weighted by Gasteiger charge is -2.17. The Bertz CT molecular complexity index is 297. The number of benzene rings is 1. The number of hydrogen-bond donors (Lipinski definition) is 1. The first-order valence-corrected chi connectivity index (χ1v) is 5.94. The van der Waals surface area contributed by atoms with Gasteiger partial charge in [-0.2, -0.15) is 0 Å². The van der Waals surface area contributed by atoms with Crippen LogP contribution in [0.15, 0.2) is 24.3 Å². The predicted molar refractivity (Wildman–Crippen MR) is 65.1 cm³/mol. The minimum Gasteiger partial charge on any atom is -0.352 e. The summed E-state index contributed by atoms with van der Waals surface area (Å²) in [4.78, 5) is 0. The van der Waals surface area contributed by atoms with E-state index < -0.39 is 0 Å². The lowest BCUT2D eigenvalue weighted by atomic mass is 10.2. The van der Waals surface area contributed by atoms with E-state index >= 15 is 0 Å². The molecule has 0 aliphatic rings. The molecule has 0 saturated carbocycles. The molecule has 0 aliphatic heterocycles. The molecular formula is C13H20FNO2. The Morgan fingerprint density at radius 3 is 2.24 bits per heavy atom. The zero-order chi connectivity index (χ0) is 12.5. The Kier molecular flexibility index (Phi) is 6.77. The van der Waals surface area contributed by atoms with Crippen LogP contribution in [0, 0.1) is 5.82 Å². The zero-order valence-corrected chi connectivity index (χ0v) is 10.4. The topological polar surface area (TPSA) is 30.5 Å². The van der Waals surface area contributed by atoms with Crippen molar-refractivity contribution in [2.75, 3.05) is 19.8 Å². The molecule has 0 bridgehead atoms. The van der Waals surface area contributed by atoms with Crippen LogP contribution in [0.2, 0.25) is 0 Å². The third kappa shape index (κ3) is 5.77. The molecule has 0 heterocycles. The summed E-state index contributed by atoms with van der Waals surface area (Å²) in [7, 11) is 0. The Labute approximate surface area is 102 Å². The van der Waals surface area contributed by atoms with Gasteiger partial charge in [-0.15, -0.1) is 0 Å². The molecule has 0 amide bonds. The quantitative estimate of drug-likeness (QED) is 0.708. The summed E-state index contributed by atoms with van der Waals surface area (Å²) in [5.41, 5.74) is 1.04. The van der Waals surface area contributed by atoms with Gasteiger partial charge >= 0.3 is 0 Å². The maximum Gasteiger partial charge on any atom is 0.169 e. The number of halogens is 1. The van der Waals surface area contributed by atoms with Gasteiger partial charge in [0.15, 0.2) is 6.29 Å². The Hall–Kier alpha value is -0.970. The van der Waals surface area contributed by atoms with Crippen LogP contribution in [-0.2, 0) is 16.0 Å². The molecular weight excluding hydrogens is 221 g/mol. The molecule has 17 heavy (non-hydrogen) atoms. The monoisotopic (exact) mass is 241 g/mol. The SMILES string of the molecule is CCOC(CNCc1ccc(F)cc1)OCC. The largest absolute Gasteiger partial charge is 0.352 e. The average Bonchev–Trinajstić information content (AvgIpc) is 2.32. The van der Waals surface area contributed by atoms with Crippen molar-refractivity contribution < 1.29 is 13.9 Å². The van der Waals surface area contributed by atoms with Crippen LogP contribution < -0.4 is 5.32 Å². The van der Waals surface area contributed by atoms with Crippen molar-refractivity contribution in [2.45, 2.75) is 26.7 Å². The van der Waals surface area contributed by atoms with E-state index in [1.54, 1.807) is 12.1 Å². The zero-order valence-electron chi connectivity index (χ0n) is 10.4. The van der Waals surface area contributed by atoms with E-state index in [2.05, 4.69) is 5.32 Å². The Balaban J connectivity index is 2.27. The maximum absolute atomic E-state index is 12.7. The highest BCUT2D eigenvalue weighted by atomic mass is 19.1. The molecule has 0 spiro atoms. The minimum absolute atomic E-state index is 0.213. The third-order valence-corrected chi connectivity index (χ3v) is 2.26. The second-order valence-corrected chi connectivity index (χ2v) is 3.60. The van der Waals surface area contributed by atoms with E-state index in [-0.39, 0.29) is 12.1 Å². The number of rotatable bonds is 8. The second-order valence-electron chi connectivity index (χ2n) is 3.60. The second kappa shape index (κ2) is 8.17. The van der Waals surface area contributed by atoms with Gasteiger partial charge in [0.05, 0.1) is 0 Å². The lowest BCUT2D eigenvalue weighted by Crippen LogP contribution is -2.31. The smallest absolute Gasteiger partial charge is 0.169 e. The van der Waals surface area contributed by atoms with Crippen molar-refractivity contribution in [1.82, 2.24) is 5.32 Å². The van der Waals surface area contributed by atoms with E-state index in [9.17, 15) is 4.39 Å². The van der Waals surface area contributed by atoms with Gasteiger partial charge in [-0.1, -0.05) is 12.1 Å². The van der Waals surface area contributed by atoms with E-state index in [0.717, 1.165) is 5.56 Å². The Morgan fingerprint density at radius 2 is 1.71 bits per heavy atom. The highest BCUT2D eigenvalue weighted by molar-refractivity contribution is 5.15. The molecule has 0 radical (unpaired) electrons. The molecule has 96 valence electrons. The first kappa shape index (κ1) is 14.1. The normalized spacial score (nSPS) is 11.1. The Morgan fingerprint density at radius 1 is 1.12 bits per heavy atom. The van der Waals surface area contributed by atoms with Crippen LogP contribution in [0.1, 0.15) is 19.4 Å². The van der Waals surface area contributed by atoms with Crippen LogP contribution in [0.25, 0.3) is 0 Å². The lowest BCUT2D eigenvalue weighted by molar-refractivity contribution is -0.133. The standard InChI is InChI=1S/C13H20FNO2/c1-3-16-13(17-4-2)10-15-9-11-5-7-12(14)8-6-11/h5-8,13,15H,3-4,9-10H2,1-2H3. The van der Waals surface area contributed by atoms with Gasteiger partial charge in [0.1, 0.15) is 5.82 Å². The van der Waals surface area contributed by atoms with Crippen molar-refractivity contribution in [3.05, 3.63) is 35.6 Å². The van der Waals surface area contributed by atoms with Crippen LogP contribution in [0.3, 0.4) is 0 Å². The summed E-state index contributed by atoms with van der Waals surface area (Å²) in [6.07, 6.45) is -0.217. The molecule has 0 aliphatic carbocycles. The van der Waals surface area contributed by atoms with Crippen molar-refractivity contribution in [2.24, 2.45) is 0 Å². The molecule has 3 nitrogen and oxygen atoms in total. The number of hydrogen-bond acceptors (Lipinski definition) is 3. The first-order chi connectivity index (χ1) is 8.26. The van der Waals surface area contributed by atoms with Crippen LogP contribution in [0.4, 0.5) is 4.39 Å². The molecule has 0 atom stereocenters. The van der Waals surface area contributed by atoms with Crippen LogP contribution >= 0.6 is 0 Å². The highest BCUT2D eigenvalue weighted by Crippen LogP contribution is 2.02. The summed E-state index contributed by atoms with van der Waals surface area (Å²) < 4.78 is 23.5. The fourth-order valence-electron chi connectivity index (χ4n) is 1.47. The highest BCUT2D eigenvalue weighted by Gasteiger charge is 2.06. The van der Waals surface area contributed by atoms with Crippen molar-refractivity contribution in [3.63, 3.8) is 0 Å². The minimum atomic E-state index is -0.217. The molecule has 0 fully saturated rings. The third-order valence-electron chi connectivity index (χ3n) is 2.26. The summed E-state index contributed by atoms with van der Waals surface area (Å²) in [5.74, 6) is -0.213. The summed E-state index contributed by atoms with van der Waals surface area (Å²) in [6.45, 7) is 6.43. The van der Waals surface area contributed by atoms with Gasteiger partial charge in [-0.05, 0) is 31.5 Å². The van der Waals surface area contributed by atoms with E-state index in [1.807, 2.05) is 13.8 Å². The van der Waals surface area contributed by atoms with Crippen LogP contribution in [-0.4, -0.2) is 26.0 Å². The summed E-state index contributed by atoms with van der Waals surface area (Å²) in [6, 6.07) is 6.44. The first-order valence-electron chi connectivity index (χ1n) is 5.94. The van der Waals surface area contributed by atoms with Gasteiger partial charge in [0.25, 0.3) is 0 Å². The van der Waals surface area contributed by atoms with Crippen molar-refractivity contribution in [1.29, 1.82) is 0 Å². The van der Waals surface area contributed by atoms with Crippen molar-refractivity contribution in [3.8, 4) is 0 Å². The van der Waals surface area contributed by atoms with Gasteiger partial charge < -0.3 is 14.8 Å². The fourth-order valence-corrected chi connectivity index (χ4v) is 1.47. The molecule has 1 aromatic rings. The average molecular weight is 241 g/mol. The summed E-state index contributed by atoms with van der Waals surface area (Å²) >= 11 is 0. The van der Waals surface area contributed by atoms with E-state index in [1.165, 1.54) is 12.1 Å². The van der Waals surface area contributed by atoms with E-state index in [0.29, 0.717) is 26.3 Å². The predicted octanol–water partition coefficient (Wildman–Crippen LogP) is 2.31. The number of ether oxygens (including phenoxy) is 2. The van der Waals surface area contributed by atoms with Crippen LogP contribution in [0.5, 0.6) is 0 Å². The van der Waals surface area contributed by atoms with Crippen molar-refractivity contribution >= 4 is 0 Å². The van der Waals surface area contributed by atoms with Gasteiger partial charge in [-0.3, -0.25) is 0 Å². The molecule has 0 unspecified atom stereocenters. The fraction of sp³-hybridized carbons (Fsp3) is 0.538. The maximum atomic E-state index is 12.7. The molecule has 4 heteroatoms. The molecule has 0 saturated heterocycles. The molecule has 1 rings (SSSR count). The molecule has 1 aromatic carbocycles. The van der Waals surface area contributed by atoms with Gasteiger partial charge in [-0.25, -0.2) is 4.39 Å². The number of nitrogens with one attached hydrogen (secondary N) is 1. The van der Waals surface area contributed by atoms with E-state index in [4.69, 9.17) is 9.47 Å². The molecule has 0 aromatic heterocycles.